The van der Waals surface area contributed by atoms with E-state index >= 15 is 0 Å². The van der Waals surface area contributed by atoms with Gasteiger partial charge in [0.15, 0.2) is 0 Å². The number of terminal acetylenes is 1. The van der Waals surface area contributed by atoms with Crippen LogP contribution in [0.25, 0.3) is 0 Å². The van der Waals surface area contributed by atoms with Crippen molar-refractivity contribution in [2.45, 2.75) is 58.4 Å². The van der Waals surface area contributed by atoms with E-state index < -0.39 is 0 Å². The Morgan fingerprint density at radius 2 is 1.75 bits per heavy atom. The predicted molar refractivity (Wildman–Crippen MR) is 88.6 cm³/mol. The molecular formula is C19H29N. The van der Waals surface area contributed by atoms with Gasteiger partial charge in [0, 0.05) is 12.5 Å². The molecule has 20 heavy (non-hydrogen) atoms. The molecule has 0 amide bonds. The zero-order valence-corrected chi connectivity index (χ0v) is 13.1. The predicted octanol–water partition coefficient (Wildman–Crippen LogP) is 5.04. The summed E-state index contributed by atoms with van der Waals surface area (Å²) in [6.45, 7) is 6.86. The number of nitrogens with zero attached hydrogens (tertiary/aromatic N) is 1. The molecule has 0 radical (unpaired) electrons. The van der Waals surface area contributed by atoms with Crippen molar-refractivity contribution in [3.05, 3.63) is 35.9 Å². The Morgan fingerprint density at radius 3 is 2.40 bits per heavy atom. The summed E-state index contributed by atoms with van der Waals surface area (Å²) < 4.78 is 0. The number of hydrogen-bond donors (Lipinski definition) is 0. The third kappa shape index (κ3) is 6.26. The lowest BCUT2D eigenvalue weighted by Crippen LogP contribution is -2.29. The highest BCUT2D eigenvalue weighted by Gasteiger charge is 2.14. The fraction of sp³-hybridized carbons (Fsp3) is 0.579. The molecule has 1 rings (SSSR count). The molecule has 1 unspecified atom stereocenters. The van der Waals surface area contributed by atoms with Crippen molar-refractivity contribution in [1.29, 1.82) is 0 Å². The molecule has 0 heterocycles. The molecule has 110 valence electrons. The zero-order chi connectivity index (χ0) is 14.6. The largest absolute Gasteiger partial charge is 0.297 e. The van der Waals surface area contributed by atoms with E-state index in [-0.39, 0.29) is 0 Å². The summed E-state index contributed by atoms with van der Waals surface area (Å²) in [5, 5.41) is 0. The molecule has 0 fully saturated rings. The van der Waals surface area contributed by atoms with E-state index in [1.807, 2.05) is 0 Å². The number of rotatable bonds is 10. The minimum Gasteiger partial charge on any atom is -0.297 e. The van der Waals surface area contributed by atoms with Crippen LogP contribution in [0.2, 0.25) is 0 Å². The van der Waals surface area contributed by atoms with Crippen LogP contribution in [0.15, 0.2) is 30.3 Å². The van der Waals surface area contributed by atoms with Gasteiger partial charge in [0.25, 0.3) is 0 Å². The van der Waals surface area contributed by atoms with Crippen molar-refractivity contribution >= 4 is 0 Å². The summed E-state index contributed by atoms with van der Waals surface area (Å²) in [6.07, 6.45) is 12.6. The highest BCUT2D eigenvalue weighted by atomic mass is 15.1. The summed E-state index contributed by atoms with van der Waals surface area (Å²) in [5.74, 6) is 2.75. The van der Waals surface area contributed by atoms with E-state index in [2.05, 4.69) is 55.0 Å². The maximum Gasteiger partial charge on any atom is 0.0319 e. The summed E-state index contributed by atoms with van der Waals surface area (Å²) in [6, 6.07) is 11.3. The minimum atomic E-state index is 0.482. The molecule has 0 N–H and O–H groups in total. The molecule has 1 atom stereocenters. The fourth-order valence-electron chi connectivity index (χ4n) is 2.57. The van der Waals surface area contributed by atoms with Gasteiger partial charge in [0.1, 0.15) is 0 Å². The monoisotopic (exact) mass is 271 g/mol. The van der Waals surface area contributed by atoms with Gasteiger partial charge in [-0.25, -0.2) is 0 Å². The van der Waals surface area contributed by atoms with Gasteiger partial charge >= 0.3 is 0 Å². The Morgan fingerprint density at radius 1 is 1.05 bits per heavy atom. The maximum atomic E-state index is 5.37. The Kier molecular flexibility index (Phi) is 8.83. The lowest BCUT2D eigenvalue weighted by atomic mass is 10.1. The topological polar surface area (TPSA) is 3.24 Å². The van der Waals surface area contributed by atoms with Gasteiger partial charge < -0.3 is 0 Å². The lowest BCUT2D eigenvalue weighted by molar-refractivity contribution is 0.204. The number of hydrogen-bond acceptors (Lipinski definition) is 1. The van der Waals surface area contributed by atoms with Gasteiger partial charge in [-0.2, -0.15) is 0 Å². The normalized spacial score (nSPS) is 12.3. The van der Waals surface area contributed by atoms with Gasteiger partial charge in [0.05, 0.1) is 0 Å². The Bertz CT molecular complexity index is 377. The first-order valence-electron chi connectivity index (χ1n) is 8.02. The van der Waals surface area contributed by atoms with Gasteiger partial charge in [-0.05, 0) is 38.4 Å². The van der Waals surface area contributed by atoms with Gasteiger partial charge in [-0.3, -0.25) is 4.90 Å². The lowest BCUT2D eigenvalue weighted by Gasteiger charge is -2.29. The second kappa shape index (κ2) is 10.5. The molecular weight excluding hydrogens is 242 g/mol. The Labute approximate surface area is 125 Å². The van der Waals surface area contributed by atoms with Crippen LogP contribution in [0.4, 0.5) is 0 Å². The molecule has 0 saturated heterocycles. The molecule has 1 aromatic carbocycles. The van der Waals surface area contributed by atoms with Gasteiger partial charge in [-0.1, -0.05) is 56.5 Å². The van der Waals surface area contributed by atoms with E-state index in [1.54, 1.807) is 0 Å². The van der Waals surface area contributed by atoms with E-state index in [4.69, 9.17) is 6.42 Å². The van der Waals surface area contributed by atoms with Crippen LogP contribution in [-0.4, -0.2) is 18.0 Å². The van der Waals surface area contributed by atoms with Gasteiger partial charge in [-0.15, -0.1) is 12.3 Å². The van der Waals surface area contributed by atoms with Crippen LogP contribution in [0.5, 0.6) is 0 Å². The standard InChI is InChI=1S/C19H29N/c1-4-6-8-13-17-20(16-12-7-5-2)18(3)19-14-10-9-11-15-19/h2,9-11,14-15,18H,4,6-8,12-13,16-17H2,1,3H3. The van der Waals surface area contributed by atoms with Gasteiger partial charge in [0.2, 0.25) is 0 Å². The molecule has 0 aliphatic rings. The van der Waals surface area contributed by atoms with Crippen molar-refractivity contribution in [1.82, 2.24) is 4.90 Å². The second-order valence-corrected chi connectivity index (χ2v) is 5.49. The first-order valence-corrected chi connectivity index (χ1v) is 8.02. The van der Waals surface area contributed by atoms with E-state index in [0.29, 0.717) is 6.04 Å². The molecule has 0 saturated carbocycles. The van der Waals surface area contributed by atoms with Crippen LogP contribution in [0.3, 0.4) is 0 Å². The van der Waals surface area contributed by atoms with Crippen LogP contribution >= 0.6 is 0 Å². The second-order valence-electron chi connectivity index (χ2n) is 5.49. The number of unbranched alkanes of at least 4 members (excludes halogenated alkanes) is 4. The van der Waals surface area contributed by atoms with Crippen LogP contribution in [0.1, 0.15) is 64.0 Å². The van der Waals surface area contributed by atoms with Crippen LogP contribution < -0.4 is 0 Å². The van der Waals surface area contributed by atoms with Crippen molar-refractivity contribution < 1.29 is 0 Å². The molecule has 0 aliphatic carbocycles. The van der Waals surface area contributed by atoms with Crippen molar-refractivity contribution in [3.63, 3.8) is 0 Å². The van der Waals surface area contributed by atoms with Crippen molar-refractivity contribution in [2.24, 2.45) is 0 Å². The molecule has 1 aromatic rings. The highest BCUT2D eigenvalue weighted by molar-refractivity contribution is 5.18. The first kappa shape index (κ1) is 16.8. The van der Waals surface area contributed by atoms with Crippen molar-refractivity contribution in [3.8, 4) is 12.3 Å². The fourth-order valence-corrected chi connectivity index (χ4v) is 2.57. The minimum absolute atomic E-state index is 0.482. The average molecular weight is 271 g/mol. The Balaban J connectivity index is 2.53. The Hall–Kier alpha value is -1.26. The van der Waals surface area contributed by atoms with Crippen molar-refractivity contribution in [2.75, 3.05) is 13.1 Å². The molecule has 0 spiro atoms. The highest BCUT2D eigenvalue weighted by Crippen LogP contribution is 2.21. The molecule has 1 nitrogen and oxygen atoms in total. The molecule has 0 aromatic heterocycles. The third-order valence-corrected chi connectivity index (χ3v) is 3.90. The van der Waals surface area contributed by atoms with E-state index in [9.17, 15) is 0 Å². The SMILES string of the molecule is C#CCCCN(CCCCCC)C(C)c1ccccc1. The summed E-state index contributed by atoms with van der Waals surface area (Å²) in [5.41, 5.74) is 1.41. The number of benzene rings is 1. The molecule has 0 aliphatic heterocycles. The maximum absolute atomic E-state index is 5.37. The summed E-state index contributed by atoms with van der Waals surface area (Å²) >= 11 is 0. The zero-order valence-electron chi connectivity index (χ0n) is 13.1. The van der Waals surface area contributed by atoms with Crippen LogP contribution in [0, 0.1) is 12.3 Å². The molecule has 1 heteroatoms. The first-order chi connectivity index (χ1) is 9.79. The smallest absolute Gasteiger partial charge is 0.0319 e. The van der Waals surface area contributed by atoms with E-state index in [1.165, 1.54) is 37.8 Å². The summed E-state index contributed by atoms with van der Waals surface area (Å²) in [4.78, 5) is 2.59. The van der Waals surface area contributed by atoms with E-state index in [0.717, 1.165) is 19.4 Å². The third-order valence-electron chi connectivity index (χ3n) is 3.90. The quantitative estimate of drug-likeness (QED) is 0.425. The van der Waals surface area contributed by atoms with Crippen LogP contribution in [-0.2, 0) is 0 Å². The average Bonchev–Trinajstić information content (AvgIpc) is 2.50. The molecule has 0 bridgehead atoms. The summed E-state index contributed by atoms with van der Waals surface area (Å²) in [7, 11) is 0.